The van der Waals surface area contributed by atoms with Crippen LogP contribution in [0.25, 0.3) is 11.1 Å². The molecule has 0 aliphatic carbocycles. The van der Waals surface area contributed by atoms with Crippen molar-refractivity contribution in [3.8, 4) is 17.2 Å². The van der Waals surface area contributed by atoms with E-state index in [1.54, 1.807) is 36.5 Å². The Morgan fingerprint density at radius 1 is 1.20 bits per heavy atom. The molecule has 3 heterocycles. The Bertz CT molecular complexity index is 1430. The van der Waals surface area contributed by atoms with Gasteiger partial charge in [-0.25, -0.2) is 14.7 Å². The maximum Gasteiger partial charge on any atom is 0.281 e. The van der Waals surface area contributed by atoms with E-state index in [1.807, 2.05) is 4.90 Å². The minimum atomic E-state index is -4.27. The number of benzene rings is 1. The van der Waals surface area contributed by atoms with Crippen molar-refractivity contribution in [2.75, 3.05) is 17.2 Å². The largest absolute Gasteiger partial charge is 0.384 e. The molecule has 0 bridgehead atoms. The van der Waals surface area contributed by atoms with Crippen LogP contribution in [0.1, 0.15) is 43.1 Å². The molecule has 1 atom stereocenters. The van der Waals surface area contributed by atoms with Gasteiger partial charge in [0.1, 0.15) is 11.6 Å². The molecular formula is C25H26N6O3S. The lowest BCUT2D eigenvalue weighted by atomic mass is 9.90. The molecular weight excluding hydrogens is 464 g/mol. The van der Waals surface area contributed by atoms with Gasteiger partial charge in [0, 0.05) is 23.8 Å². The quantitative estimate of drug-likeness (QED) is 0.554. The summed E-state index contributed by atoms with van der Waals surface area (Å²) in [7, 11) is -4.27. The molecule has 1 unspecified atom stereocenters. The molecule has 0 saturated carbocycles. The third kappa shape index (κ3) is 4.68. The van der Waals surface area contributed by atoms with Gasteiger partial charge in [-0.15, -0.1) is 0 Å². The van der Waals surface area contributed by atoms with Gasteiger partial charge in [-0.3, -0.25) is 4.79 Å². The molecule has 1 aromatic carbocycles. The summed E-state index contributed by atoms with van der Waals surface area (Å²) in [5, 5.41) is 8.72. The number of anilines is 2. The number of nitriles is 1. The van der Waals surface area contributed by atoms with Crippen molar-refractivity contribution in [1.82, 2.24) is 14.7 Å². The smallest absolute Gasteiger partial charge is 0.281 e. The summed E-state index contributed by atoms with van der Waals surface area (Å²) >= 11 is 0. The topological polar surface area (TPSA) is 142 Å². The molecule has 4 rings (SSSR count). The van der Waals surface area contributed by atoms with Crippen LogP contribution in [0.5, 0.6) is 0 Å². The first-order valence-electron chi connectivity index (χ1n) is 11.1. The van der Waals surface area contributed by atoms with Crippen LogP contribution >= 0.6 is 0 Å². The van der Waals surface area contributed by atoms with E-state index in [4.69, 9.17) is 11.0 Å². The van der Waals surface area contributed by atoms with Crippen LogP contribution < -0.4 is 15.4 Å². The first-order valence-corrected chi connectivity index (χ1v) is 12.6. The number of carbonyl (C=O) groups is 1. The summed E-state index contributed by atoms with van der Waals surface area (Å²) in [5.74, 6) is -0.0375. The van der Waals surface area contributed by atoms with E-state index in [9.17, 15) is 13.2 Å². The molecule has 0 spiro atoms. The summed E-state index contributed by atoms with van der Waals surface area (Å²) < 4.78 is 27.9. The van der Waals surface area contributed by atoms with Crippen LogP contribution in [-0.4, -0.2) is 36.4 Å². The molecule has 35 heavy (non-hydrogen) atoms. The maximum absolute atomic E-state index is 13.4. The Labute approximate surface area is 204 Å². The Hall–Kier alpha value is -3.97. The molecule has 0 radical (unpaired) electrons. The number of nitrogen functional groups attached to an aromatic ring is 1. The van der Waals surface area contributed by atoms with Crippen molar-refractivity contribution >= 4 is 27.6 Å². The highest BCUT2D eigenvalue weighted by atomic mass is 32.2. The first-order chi connectivity index (χ1) is 16.5. The van der Waals surface area contributed by atoms with E-state index in [0.717, 1.165) is 12.0 Å². The lowest BCUT2D eigenvalue weighted by Crippen LogP contribution is -2.43. The van der Waals surface area contributed by atoms with Crippen LogP contribution in [0.3, 0.4) is 0 Å². The number of amides is 1. The number of aromatic nitrogens is 2. The highest BCUT2D eigenvalue weighted by Gasteiger charge is 2.41. The minimum Gasteiger partial charge on any atom is -0.384 e. The van der Waals surface area contributed by atoms with Crippen molar-refractivity contribution in [3.63, 3.8) is 0 Å². The normalized spacial score (nSPS) is 17.1. The van der Waals surface area contributed by atoms with Gasteiger partial charge >= 0.3 is 0 Å². The van der Waals surface area contributed by atoms with Gasteiger partial charge in [0.05, 0.1) is 17.2 Å². The number of sulfonamides is 1. The maximum atomic E-state index is 13.4. The number of nitrogens with two attached hydrogens (primary N) is 1. The van der Waals surface area contributed by atoms with Crippen molar-refractivity contribution in [3.05, 3.63) is 65.9 Å². The highest BCUT2D eigenvalue weighted by molar-refractivity contribution is 7.90. The second-order valence-electron chi connectivity index (χ2n) is 9.11. The second kappa shape index (κ2) is 9.00. The molecule has 1 amide bonds. The number of hydrogen-bond acceptors (Lipinski definition) is 8. The molecule has 1 aliphatic heterocycles. The average molecular weight is 491 g/mol. The fourth-order valence-electron chi connectivity index (χ4n) is 4.15. The Morgan fingerprint density at radius 3 is 2.51 bits per heavy atom. The molecule has 9 nitrogen and oxygen atoms in total. The summed E-state index contributed by atoms with van der Waals surface area (Å²) in [4.78, 5) is 23.9. The second-order valence-corrected chi connectivity index (χ2v) is 10.7. The zero-order valence-corrected chi connectivity index (χ0v) is 20.5. The number of hydrogen-bond donors (Lipinski definition) is 2. The fraction of sp³-hybridized carbons (Fsp3) is 0.280. The van der Waals surface area contributed by atoms with E-state index in [0.29, 0.717) is 29.4 Å². The number of nitrogens with zero attached hydrogens (tertiary/aromatic N) is 4. The molecule has 10 heteroatoms. The van der Waals surface area contributed by atoms with Gasteiger partial charge in [-0.05, 0) is 62.1 Å². The van der Waals surface area contributed by atoms with Crippen molar-refractivity contribution < 1.29 is 13.2 Å². The molecule has 3 N–H and O–H groups in total. The van der Waals surface area contributed by atoms with E-state index < -0.39 is 15.9 Å². The Morgan fingerprint density at radius 2 is 1.91 bits per heavy atom. The lowest BCUT2D eigenvalue weighted by molar-refractivity contribution is 0.0981. The number of nitrogens with one attached hydrogen (secondary N) is 1. The van der Waals surface area contributed by atoms with E-state index in [2.05, 4.69) is 41.5 Å². The van der Waals surface area contributed by atoms with E-state index >= 15 is 0 Å². The fourth-order valence-corrected chi connectivity index (χ4v) is 5.10. The summed E-state index contributed by atoms with van der Waals surface area (Å²) in [6.07, 6.45) is 2.57. The summed E-state index contributed by atoms with van der Waals surface area (Å²) in [5.41, 5.74) is 7.33. The third-order valence-corrected chi connectivity index (χ3v) is 7.88. The van der Waals surface area contributed by atoms with Crippen LogP contribution in [0.2, 0.25) is 0 Å². The highest BCUT2D eigenvalue weighted by Crippen LogP contribution is 2.39. The number of pyridine rings is 2. The van der Waals surface area contributed by atoms with Crippen molar-refractivity contribution in [2.45, 2.75) is 37.8 Å². The molecule has 3 aromatic rings. The van der Waals surface area contributed by atoms with Crippen LogP contribution in [0.4, 0.5) is 11.6 Å². The van der Waals surface area contributed by atoms with Gasteiger partial charge in [0.2, 0.25) is 0 Å². The molecule has 180 valence electrons. The lowest BCUT2D eigenvalue weighted by Gasteiger charge is -2.36. The van der Waals surface area contributed by atoms with Crippen molar-refractivity contribution in [1.29, 1.82) is 5.26 Å². The molecule has 1 fully saturated rings. The minimum absolute atomic E-state index is 0.0262. The zero-order chi connectivity index (χ0) is 25.4. The van der Waals surface area contributed by atoms with E-state index in [-0.39, 0.29) is 21.9 Å². The van der Waals surface area contributed by atoms with Gasteiger partial charge in [0.25, 0.3) is 15.9 Å². The first kappa shape index (κ1) is 24.2. The van der Waals surface area contributed by atoms with Gasteiger partial charge in [-0.2, -0.15) is 13.7 Å². The standard InChI is InChI=1S/C25H26N6O3S/c1-16-11-12-31(25(16,2)3)23-20(13-19(15-28-23)18-9-7-17(14-26)8-10-18)24(32)30-35(33,34)22-6-4-5-21(27)29-22/h4-10,13,15-16H,11-12H2,1-3H3,(H2,27,29)(H,30,32). The molecule has 1 aliphatic rings. The van der Waals surface area contributed by atoms with Crippen LogP contribution in [-0.2, 0) is 10.0 Å². The van der Waals surface area contributed by atoms with Gasteiger partial charge < -0.3 is 10.6 Å². The van der Waals surface area contributed by atoms with Crippen LogP contribution in [0.15, 0.2) is 59.8 Å². The van der Waals surface area contributed by atoms with Gasteiger partial charge in [0.15, 0.2) is 5.03 Å². The molecule has 1 saturated heterocycles. The SMILES string of the molecule is CC1CCN(c2ncc(-c3ccc(C#N)cc3)cc2C(=O)NS(=O)(=O)c2cccc(N)n2)C1(C)C. The third-order valence-electron chi connectivity index (χ3n) is 6.65. The van der Waals surface area contributed by atoms with Crippen LogP contribution in [0, 0.1) is 17.2 Å². The Kier molecular flexibility index (Phi) is 6.21. The number of carbonyl (C=O) groups excluding carboxylic acids is 1. The Balaban J connectivity index is 1.78. The average Bonchev–Trinajstić information content (AvgIpc) is 3.10. The van der Waals surface area contributed by atoms with Crippen molar-refractivity contribution in [2.24, 2.45) is 5.92 Å². The predicted molar refractivity (Wildman–Crippen MR) is 133 cm³/mol. The molecule has 2 aromatic heterocycles. The predicted octanol–water partition coefficient (Wildman–Crippen LogP) is 3.34. The number of rotatable bonds is 5. The summed E-state index contributed by atoms with van der Waals surface area (Å²) in [6.45, 7) is 6.98. The monoisotopic (exact) mass is 490 g/mol. The van der Waals surface area contributed by atoms with E-state index in [1.165, 1.54) is 18.2 Å². The van der Waals surface area contributed by atoms with Gasteiger partial charge in [-0.1, -0.05) is 25.1 Å². The zero-order valence-electron chi connectivity index (χ0n) is 19.7. The summed E-state index contributed by atoms with van der Waals surface area (Å²) in [6, 6.07) is 14.7.